The third-order valence-electron chi connectivity index (χ3n) is 3.80. The highest BCUT2D eigenvalue weighted by atomic mass is 32.1. The van der Waals surface area contributed by atoms with Gasteiger partial charge in [0.25, 0.3) is 5.91 Å². The van der Waals surface area contributed by atoms with Gasteiger partial charge in [-0.15, -0.1) is 11.3 Å². The number of cyclic esters (lactones) is 1. The monoisotopic (exact) mass is 334 g/mol. The number of rotatable bonds is 5. The fraction of sp³-hybridized carbons (Fsp3) is 0.467. The number of aromatic nitrogens is 3. The molecule has 1 aliphatic rings. The Hall–Kier alpha value is -2.22. The molecule has 0 aromatic carbocycles. The molecule has 1 fully saturated rings. The molecule has 23 heavy (non-hydrogen) atoms. The molecule has 0 bridgehead atoms. The second kappa shape index (κ2) is 6.49. The summed E-state index contributed by atoms with van der Waals surface area (Å²) < 4.78 is 6.89. The van der Waals surface area contributed by atoms with Gasteiger partial charge in [0.15, 0.2) is 6.10 Å². The van der Waals surface area contributed by atoms with Crippen LogP contribution < -0.4 is 0 Å². The Morgan fingerprint density at radius 3 is 2.91 bits per heavy atom. The zero-order valence-electron chi connectivity index (χ0n) is 13.1. The summed E-state index contributed by atoms with van der Waals surface area (Å²) >= 11 is 1.49. The van der Waals surface area contributed by atoms with Crippen LogP contribution in [0.4, 0.5) is 0 Å². The third-order valence-corrected chi connectivity index (χ3v) is 4.56. The molecule has 0 N–H and O–H groups in total. The number of carbonyl (C=O) groups is 2. The van der Waals surface area contributed by atoms with Crippen molar-refractivity contribution >= 4 is 23.2 Å². The van der Waals surface area contributed by atoms with Crippen LogP contribution in [0, 0.1) is 6.92 Å². The van der Waals surface area contributed by atoms with Crippen molar-refractivity contribution in [1.82, 2.24) is 19.7 Å². The van der Waals surface area contributed by atoms with Gasteiger partial charge in [-0.05, 0) is 13.0 Å². The number of thiazole rings is 1. The first kappa shape index (κ1) is 15.7. The third kappa shape index (κ3) is 3.58. The predicted molar refractivity (Wildman–Crippen MR) is 83.4 cm³/mol. The summed E-state index contributed by atoms with van der Waals surface area (Å²) in [6, 6.07) is 1.95. The van der Waals surface area contributed by atoms with Gasteiger partial charge in [-0.1, -0.05) is 0 Å². The maximum Gasteiger partial charge on any atom is 0.306 e. The largest absolute Gasteiger partial charge is 0.452 e. The topological polar surface area (TPSA) is 77.3 Å². The molecule has 8 heteroatoms. The molecular weight excluding hydrogens is 316 g/mol. The standard InChI is InChI=1S/C15H18N4O3S/c1-10-7-11(17-18(10)2)8-19(9-13-16-5-6-23-13)15(21)12-3-4-14(20)22-12/h5-7,12H,3-4,8-9H2,1-2H3/t12-/m1/s1. The predicted octanol–water partition coefficient (Wildman–Crippen LogP) is 1.42. The van der Waals surface area contributed by atoms with Gasteiger partial charge in [-0.3, -0.25) is 14.3 Å². The maximum atomic E-state index is 12.7. The van der Waals surface area contributed by atoms with Crippen molar-refractivity contribution in [1.29, 1.82) is 0 Å². The Balaban J connectivity index is 1.77. The molecule has 7 nitrogen and oxygen atoms in total. The van der Waals surface area contributed by atoms with Crippen LogP contribution in [0.15, 0.2) is 17.6 Å². The van der Waals surface area contributed by atoms with Gasteiger partial charge in [-0.25, -0.2) is 4.98 Å². The lowest BCUT2D eigenvalue weighted by Crippen LogP contribution is -2.38. The van der Waals surface area contributed by atoms with E-state index in [0.717, 1.165) is 16.4 Å². The number of nitrogens with zero attached hydrogens (tertiary/aromatic N) is 4. The van der Waals surface area contributed by atoms with E-state index in [1.165, 1.54) is 11.3 Å². The molecule has 122 valence electrons. The molecule has 2 aromatic rings. The van der Waals surface area contributed by atoms with Gasteiger partial charge in [0.1, 0.15) is 5.01 Å². The summed E-state index contributed by atoms with van der Waals surface area (Å²) in [5, 5.41) is 7.12. The van der Waals surface area contributed by atoms with Crippen molar-refractivity contribution in [2.24, 2.45) is 7.05 Å². The lowest BCUT2D eigenvalue weighted by Gasteiger charge is -2.23. The molecule has 0 spiro atoms. The van der Waals surface area contributed by atoms with Crippen LogP contribution in [0.25, 0.3) is 0 Å². The van der Waals surface area contributed by atoms with Crippen LogP contribution in [-0.4, -0.2) is 37.6 Å². The minimum Gasteiger partial charge on any atom is -0.452 e. The normalized spacial score (nSPS) is 17.3. The summed E-state index contributed by atoms with van der Waals surface area (Å²) in [7, 11) is 1.87. The van der Waals surface area contributed by atoms with Crippen molar-refractivity contribution in [3.63, 3.8) is 0 Å². The summed E-state index contributed by atoms with van der Waals surface area (Å²) in [5.41, 5.74) is 1.83. The van der Waals surface area contributed by atoms with Crippen molar-refractivity contribution < 1.29 is 14.3 Å². The van der Waals surface area contributed by atoms with Gasteiger partial charge in [-0.2, -0.15) is 5.10 Å². The average Bonchev–Trinajstić information content (AvgIpc) is 3.22. The number of hydrogen-bond acceptors (Lipinski definition) is 6. The summed E-state index contributed by atoms with van der Waals surface area (Å²) in [6.45, 7) is 2.72. The highest BCUT2D eigenvalue weighted by molar-refractivity contribution is 7.09. The van der Waals surface area contributed by atoms with E-state index in [1.54, 1.807) is 15.8 Å². The number of amides is 1. The average molecular weight is 334 g/mol. The second-order valence-electron chi connectivity index (χ2n) is 5.54. The van der Waals surface area contributed by atoms with Gasteiger partial charge in [0.2, 0.25) is 0 Å². The maximum absolute atomic E-state index is 12.7. The van der Waals surface area contributed by atoms with Gasteiger partial charge in [0, 0.05) is 37.2 Å². The Morgan fingerprint density at radius 1 is 1.52 bits per heavy atom. The smallest absolute Gasteiger partial charge is 0.306 e. The zero-order valence-corrected chi connectivity index (χ0v) is 13.9. The Kier molecular flexibility index (Phi) is 4.42. The summed E-state index contributed by atoms with van der Waals surface area (Å²) in [5.74, 6) is -0.499. The van der Waals surface area contributed by atoms with Crippen LogP contribution in [0.1, 0.15) is 29.2 Å². The summed E-state index contributed by atoms with van der Waals surface area (Å²) in [4.78, 5) is 29.9. The van der Waals surface area contributed by atoms with E-state index < -0.39 is 6.10 Å². The fourth-order valence-electron chi connectivity index (χ4n) is 2.52. The van der Waals surface area contributed by atoms with E-state index in [4.69, 9.17) is 4.74 Å². The molecule has 1 aliphatic heterocycles. The van der Waals surface area contributed by atoms with Crippen molar-refractivity contribution in [3.8, 4) is 0 Å². The van der Waals surface area contributed by atoms with E-state index in [2.05, 4.69) is 10.1 Å². The fourth-order valence-corrected chi connectivity index (χ4v) is 3.15. The highest BCUT2D eigenvalue weighted by Gasteiger charge is 2.33. The van der Waals surface area contributed by atoms with Crippen molar-refractivity contribution in [3.05, 3.63) is 34.0 Å². The van der Waals surface area contributed by atoms with Gasteiger partial charge in [0.05, 0.1) is 18.8 Å². The molecule has 1 atom stereocenters. The molecular formula is C15H18N4O3S. The van der Waals surface area contributed by atoms with Crippen LogP contribution >= 0.6 is 11.3 Å². The van der Waals surface area contributed by atoms with E-state index >= 15 is 0 Å². The molecule has 3 rings (SSSR count). The van der Waals surface area contributed by atoms with E-state index in [0.29, 0.717) is 25.9 Å². The molecule has 3 heterocycles. The SMILES string of the molecule is Cc1cc(CN(Cc2nccs2)C(=O)[C@H]2CCC(=O)O2)nn1C. The molecule has 2 aromatic heterocycles. The lowest BCUT2D eigenvalue weighted by atomic mass is 10.2. The van der Waals surface area contributed by atoms with Gasteiger partial charge < -0.3 is 9.64 Å². The Bertz CT molecular complexity index is 691. The molecule has 0 aliphatic carbocycles. The van der Waals surface area contributed by atoms with Crippen molar-refractivity contribution in [2.45, 2.75) is 39.0 Å². The first-order valence-electron chi connectivity index (χ1n) is 7.39. The molecule has 0 unspecified atom stereocenters. The number of aryl methyl sites for hydroxylation is 2. The van der Waals surface area contributed by atoms with E-state index in [-0.39, 0.29) is 11.9 Å². The highest BCUT2D eigenvalue weighted by Crippen LogP contribution is 2.20. The molecule has 0 saturated carbocycles. The zero-order chi connectivity index (χ0) is 16.4. The lowest BCUT2D eigenvalue weighted by molar-refractivity contribution is -0.153. The summed E-state index contributed by atoms with van der Waals surface area (Å²) in [6.07, 6.45) is 1.76. The van der Waals surface area contributed by atoms with E-state index in [9.17, 15) is 9.59 Å². The van der Waals surface area contributed by atoms with Crippen LogP contribution in [0.2, 0.25) is 0 Å². The number of ether oxygens (including phenoxy) is 1. The van der Waals surface area contributed by atoms with Gasteiger partial charge >= 0.3 is 5.97 Å². The number of carbonyl (C=O) groups excluding carboxylic acids is 2. The molecule has 0 radical (unpaired) electrons. The first-order valence-corrected chi connectivity index (χ1v) is 8.27. The number of hydrogen-bond donors (Lipinski definition) is 0. The molecule has 1 saturated heterocycles. The quantitative estimate of drug-likeness (QED) is 0.773. The van der Waals surface area contributed by atoms with Crippen LogP contribution in [0.5, 0.6) is 0 Å². The number of esters is 1. The van der Waals surface area contributed by atoms with E-state index in [1.807, 2.05) is 25.4 Å². The Morgan fingerprint density at radius 2 is 2.35 bits per heavy atom. The minimum absolute atomic E-state index is 0.186. The first-order chi connectivity index (χ1) is 11.0. The Labute approximate surface area is 137 Å². The molecule has 1 amide bonds. The van der Waals surface area contributed by atoms with Crippen LogP contribution in [-0.2, 0) is 34.5 Å². The minimum atomic E-state index is -0.688. The second-order valence-corrected chi connectivity index (χ2v) is 6.52. The van der Waals surface area contributed by atoms with Crippen molar-refractivity contribution in [2.75, 3.05) is 0 Å². The van der Waals surface area contributed by atoms with Crippen LogP contribution in [0.3, 0.4) is 0 Å².